The Labute approximate surface area is 108 Å². The fourth-order valence-corrected chi connectivity index (χ4v) is 1.81. The zero-order valence-corrected chi connectivity index (χ0v) is 10.5. The van der Waals surface area contributed by atoms with Gasteiger partial charge in [-0.1, -0.05) is 43.3 Å². The Morgan fingerprint density at radius 1 is 1.00 bits per heavy atom. The van der Waals surface area contributed by atoms with Gasteiger partial charge in [0.2, 0.25) is 0 Å². The van der Waals surface area contributed by atoms with Crippen LogP contribution in [0, 0.1) is 0 Å². The molecular weight excluding hydrogens is 222 g/mol. The second-order valence-electron chi connectivity index (χ2n) is 4.22. The first-order valence-corrected chi connectivity index (χ1v) is 6.21. The number of Topliss-reactive ketones (excluding diaryl/α,β-unsaturated/α-hetero) is 1. The van der Waals surface area contributed by atoms with E-state index in [9.17, 15) is 4.79 Å². The van der Waals surface area contributed by atoms with E-state index < -0.39 is 0 Å². The van der Waals surface area contributed by atoms with Crippen molar-refractivity contribution in [3.05, 3.63) is 60.2 Å². The van der Waals surface area contributed by atoms with Gasteiger partial charge in [0, 0.05) is 24.2 Å². The minimum Gasteiger partial charge on any atom is -0.355 e. The summed E-state index contributed by atoms with van der Waals surface area (Å²) in [6.07, 6.45) is 1.08. The molecule has 2 rings (SSSR count). The summed E-state index contributed by atoms with van der Waals surface area (Å²) in [7, 11) is 0. The van der Waals surface area contributed by atoms with Gasteiger partial charge >= 0.3 is 0 Å². The topological polar surface area (TPSA) is 29.1 Å². The third kappa shape index (κ3) is 3.20. The van der Waals surface area contributed by atoms with E-state index in [1.807, 2.05) is 61.5 Å². The molecule has 0 fully saturated rings. The van der Waals surface area contributed by atoms with E-state index in [1.165, 1.54) is 0 Å². The highest BCUT2D eigenvalue weighted by Gasteiger charge is 2.06. The van der Waals surface area contributed by atoms with Crippen LogP contribution in [0.5, 0.6) is 0 Å². The summed E-state index contributed by atoms with van der Waals surface area (Å²) in [5, 5.41) is 3.35. The molecule has 2 heteroatoms. The first-order valence-electron chi connectivity index (χ1n) is 6.21. The minimum atomic E-state index is 0.261. The molecule has 0 radical (unpaired) electrons. The fraction of sp³-hybridized carbons (Fsp3) is 0.188. The summed E-state index contributed by atoms with van der Waals surface area (Å²) in [6.45, 7) is 1.90. The Kier molecular flexibility index (Phi) is 4.13. The van der Waals surface area contributed by atoms with E-state index in [4.69, 9.17) is 0 Å². The molecule has 2 nitrogen and oxygen atoms in total. The highest BCUT2D eigenvalue weighted by Crippen LogP contribution is 2.21. The van der Waals surface area contributed by atoms with Gasteiger partial charge in [-0.15, -0.1) is 0 Å². The summed E-state index contributed by atoms with van der Waals surface area (Å²) < 4.78 is 0. The van der Waals surface area contributed by atoms with Crippen molar-refractivity contribution < 1.29 is 4.79 Å². The first kappa shape index (κ1) is 12.4. The maximum absolute atomic E-state index is 11.6. The standard InChI is InChI=1S/C16H17NO/c1-2-15(18)12-13-8-6-7-11-16(13)17-14-9-4-3-5-10-14/h3-11,17H,2,12H2,1H3. The Morgan fingerprint density at radius 3 is 2.39 bits per heavy atom. The lowest BCUT2D eigenvalue weighted by Gasteiger charge is -2.11. The van der Waals surface area contributed by atoms with Crippen LogP contribution in [-0.2, 0) is 11.2 Å². The van der Waals surface area contributed by atoms with Crippen molar-refractivity contribution in [3.63, 3.8) is 0 Å². The van der Waals surface area contributed by atoms with Crippen molar-refractivity contribution in [2.45, 2.75) is 19.8 Å². The molecule has 0 bridgehead atoms. The second kappa shape index (κ2) is 6.01. The van der Waals surface area contributed by atoms with E-state index >= 15 is 0 Å². The molecule has 2 aromatic rings. The summed E-state index contributed by atoms with van der Waals surface area (Å²) in [4.78, 5) is 11.6. The molecule has 18 heavy (non-hydrogen) atoms. The van der Waals surface area contributed by atoms with E-state index in [-0.39, 0.29) is 5.78 Å². The number of anilines is 2. The lowest BCUT2D eigenvalue weighted by Crippen LogP contribution is -2.03. The maximum Gasteiger partial charge on any atom is 0.137 e. The Bertz CT molecular complexity index is 520. The van der Waals surface area contributed by atoms with Gasteiger partial charge in [0.1, 0.15) is 5.78 Å². The number of ketones is 1. The van der Waals surface area contributed by atoms with Gasteiger partial charge in [-0.05, 0) is 23.8 Å². The number of benzene rings is 2. The Balaban J connectivity index is 2.20. The van der Waals surface area contributed by atoms with Gasteiger partial charge < -0.3 is 5.32 Å². The second-order valence-corrected chi connectivity index (χ2v) is 4.22. The quantitative estimate of drug-likeness (QED) is 0.855. The van der Waals surface area contributed by atoms with Crippen LogP contribution in [0.15, 0.2) is 54.6 Å². The molecule has 0 heterocycles. The molecule has 1 N–H and O–H groups in total. The monoisotopic (exact) mass is 239 g/mol. The zero-order valence-electron chi connectivity index (χ0n) is 10.5. The Hall–Kier alpha value is -2.09. The molecule has 0 saturated heterocycles. The van der Waals surface area contributed by atoms with Crippen LogP contribution in [0.4, 0.5) is 11.4 Å². The molecule has 0 aliphatic heterocycles. The number of nitrogens with one attached hydrogen (secondary N) is 1. The van der Waals surface area contributed by atoms with E-state index in [2.05, 4.69) is 5.32 Å². The third-order valence-electron chi connectivity index (χ3n) is 2.85. The van der Waals surface area contributed by atoms with Crippen molar-refractivity contribution >= 4 is 17.2 Å². The predicted molar refractivity (Wildman–Crippen MR) is 75.2 cm³/mol. The van der Waals surface area contributed by atoms with Crippen LogP contribution in [0.1, 0.15) is 18.9 Å². The molecule has 0 atom stereocenters. The van der Waals surface area contributed by atoms with Crippen LogP contribution in [-0.4, -0.2) is 5.78 Å². The molecule has 0 spiro atoms. The van der Waals surface area contributed by atoms with Gasteiger partial charge in [0.25, 0.3) is 0 Å². The highest BCUT2D eigenvalue weighted by molar-refractivity contribution is 5.82. The lowest BCUT2D eigenvalue weighted by atomic mass is 10.1. The maximum atomic E-state index is 11.6. The van der Waals surface area contributed by atoms with Gasteiger partial charge in [0.15, 0.2) is 0 Å². The lowest BCUT2D eigenvalue weighted by molar-refractivity contribution is -0.118. The smallest absolute Gasteiger partial charge is 0.137 e. The summed E-state index contributed by atoms with van der Waals surface area (Å²) in [5.41, 5.74) is 3.09. The van der Waals surface area contributed by atoms with Gasteiger partial charge in [0.05, 0.1) is 0 Å². The zero-order chi connectivity index (χ0) is 12.8. The van der Waals surface area contributed by atoms with Crippen molar-refractivity contribution in [2.24, 2.45) is 0 Å². The van der Waals surface area contributed by atoms with E-state index in [0.29, 0.717) is 12.8 Å². The normalized spacial score (nSPS) is 10.1. The molecule has 0 aliphatic carbocycles. The average Bonchev–Trinajstić information content (AvgIpc) is 2.42. The van der Waals surface area contributed by atoms with Crippen LogP contribution in [0.3, 0.4) is 0 Å². The van der Waals surface area contributed by atoms with Crippen LogP contribution in [0.25, 0.3) is 0 Å². The number of carbonyl (C=O) groups is 1. The summed E-state index contributed by atoms with van der Waals surface area (Å²) in [6, 6.07) is 17.9. The average molecular weight is 239 g/mol. The fourth-order valence-electron chi connectivity index (χ4n) is 1.81. The van der Waals surface area contributed by atoms with Crippen molar-refractivity contribution in [1.82, 2.24) is 0 Å². The van der Waals surface area contributed by atoms with Gasteiger partial charge in [-0.3, -0.25) is 4.79 Å². The number of para-hydroxylation sites is 2. The van der Waals surface area contributed by atoms with Gasteiger partial charge in [-0.25, -0.2) is 0 Å². The number of carbonyl (C=O) groups excluding carboxylic acids is 1. The summed E-state index contributed by atoms with van der Waals surface area (Å²) >= 11 is 0. The van der Waals surface area contributed by atoms with Crippen molar-refractivity contribution in [2.75, 3.05) is 5.32 Å². The molecule has 0 saturated carbocycles. The van der Waals surface area contributed by atoms with Crippen molar-refractivity contribution in [3.8, 4) is 0 Å². The largest absolute Gasteiger partial charge is 0.355 e. The van der Waals surface area contributed by atoms with Crippen LogP contribution in [0.2, 0.25) is 0 Å². The SMILES string of the molecule is CCC(=O)Cc1ccccc1Nc1ccccc1. The van der Waals surface area contributed by atoms with E-state index in [0.717, 1.165) is 16.9 Å². The molecule has 0 amide bonds. The molecule has 2 aromatic carbocycles. The third-order valence-corrected chi connectivity index (χ3v) is 2.85. The predicted octanol–water partition coefficient (Wildman–Crippen LogP) is 3.95. The Morgan fingerprint density at radius 2 is 1.67 bits per heavy atom. The summed E-state index contributed by atoms with van der Waals surface area (Å²) in [5.74, 6) is 0.261. The highest BCUT2D eigenvalue weighted by atomic mass is 16.1. The number of hydrogen-bond acceptors (Lipinski definition) is 2. The first-order chi connectivity index (χ1) is 8.79. The minimum absolute atomic E-state index is 0.261. The van der Waals surface area contributed by atoms with E-state index in [1.54, 1.807) is 0 Å². The molecular formula is C16H17NO. The molecule has 92 valence electrons. The molecule has 0 aliphatic rings. The molecule has 0 unspecified atom stereocenters. The number of hydrogen-bond donors (Lipinski definition) is 1. The molecule has 0 aromatic heterocycles. The van der Waals surface area contributed by atoms with Crippen LogP contribution < -0.4 is 5.32 Å². The number of rotatable bonds is 5. The van der Waals surface area contributed by atoms with Crippen LogP contribution >= 0.6 is 0 Å². The van der Waals surface area contributed by atoms with Gasteiger partial charge in [-0.2, -0.15) is 0 Å². The van der Waals surface area contributed by atoms with Crippen molar-refractivity contribution in [1.29, 1.82) is 0 Å².